The van der Waals surface area contributed by atoms with Crippen molar-refractivity contribution in [2.24, 2.45) is 0 Å². The Balaban J connectivity index is 2.38. The first-order valence-electron chi connectivity index (χ1n) is 10.7. The highest BCUT2D eigenvalue weighted by Crippen LogP contribution is 2.41. The molecule has 15 heteroatoms. The number of rotatable bonds is 8. The SMILES string of the molecule is CC(C)(CSCC(F)(F)F)NC(=O)c1ccc(/C=C/C(c2cc(Cl)c(Cl)c(Cl)c2)C(F)(F)F)cc1C(F)(F)F. The Morgan fingerprint density at radius 3 is 1.97 bits per heavy atom. The van der Waals surface area contributed by atoms with Crippen LogP contribution in [-0.2, 0) is 6.18 Å². The molecular formula is C24H19Cl3F9NOS. The largest absolute Gasteiger partial charge is 0.417 e. The zero-order valence-corrected chi connectivity index (χ0v) is 23.0. The number of hydrogen-bond acceptors (Lipinski definition) is 2. The average molecular weight is 647 g/mol. The van der Waals surface area contributed by atoms with Gasteiger partial charge in [-0.2, -0.15) is 51.3 Å². The third kappa shape index (κ3) is 9.98. The number of hydrogen-bond donors (Lipinski definition) is 1. The van der Waals surface area contributed by atoms with Crippen LogP contribution in [0.4, 0.5) is 39.5 Å². The highest BCUT2D eigenvalue weighted by Gasteiger charge is 2.40. The topological polar surface area (TPSA) is 29.1 Å². The summed E-state index contributed by atoms with van der Waals surface area (Å²) in [4.78, 5) is 12.6. The van der Waals surface area contributed by atoms with E-state index in [0.29, 0.717) is 23.9 Å². The van der Waals surface area contributed by atoms with Crippen molar-refractivity contribution in [2.45, 2.75) is 43.8 Å². The number of allylic oxidation sites excluding steroid dienone is 1. The van der Waals surface area contributed by atoms with Gasteiger partial charge in [0.15, 0.2) is 0 Å². The minimum absolute atomic E-state index is 0.169. The molecule has 1 unspecified atom stereocenters. The predicted octanol–water partition coefficient (Wildman–Crippen LogP) is 9.83. The molecule has 39 heavy (non-hydrogen) atoms. The van der Waals surface area contributed by atoms with Crippen molar-refractivity contribution >= 4 is 58.5 Å². The molecule has 0 aliphatic heterocycles. The second-order valence-electron chi connectivity index (χ2n) is 8.93. The van der Waals surface area contributed by atoms with Gasteiger partial charge >= 0.3 is 18.5 Å². The van der Waals surface area contributed by atoms with Gasteiger partial charge in [-0.25, -0.2) is 0 Å². The number of carbonyl (C=O) groups is 1. The van der Waals surface area contributed by atoms with Crippen LogP contribution in [0.5, 0.6) is 0 Å². The second kappa shape index (κ2) is 12.4. The van der Waals surface area contributed by atoms with Gasteiger partial charge in [0.2, 0.25) is 0 Å². The van der Waals surface area contributed by atoms with Gasteiger partial charge in [-0.15, -0.1) is 0 Å². The van der Waals surface area contributed by atoms with Gasteiger partial charge in [0.25, 0.3) is 5.91 Å². The van der Waals surface area contributed by atoms with Gasteiger partial charge in [0.05, 0.1) is 37.9 Å². The minimum atomic E-state index is -5.08. The van der Waals surface area contributed by atoms with E-state index in [1.54, 1.807) is 0 Å². The van der Waals surface area contributed by atoms with Gasteiger partial charge in [-0.05, 0) is 49.2 Å². The fraction of sp³-hybridized carbons (Fsp3) is 0.375. The van der Waals surface area contributed by atoms with Crippen LogP contribution in [0.1, 0.15) is 46.8 Å². The Labute approximate surface area is 236 Å². The summed E-state index contributed by atoms with van der Waals surface area (Å²) < 4.78 is 120. The van der Waals surface area contributed by atoms with Crippen LogP contribution in [0.25, 0.3) is 6.08 Å². The van der Waals surface area contributed by atoms with Crippen molar-refractivity contribution in [3.8, 4) is 0 Å². The summed E-state index contributed by atoms with van der Waals surface area (Å²) in [5, 5.41) is 1.59. The molecule has 0 aliphatic carbocycles. The number of halogens is 12. The molecule has 1 atom stereocenters. The smallest absolute Gasteiger partial charge is 0.346 e. The Kier molecular flexibility index (Phi) is 10.6. The normalized spacial score (nSPS) is 14.1. The first kappa shape index (κ1) is 33.4. The molecule has 216 valence electrons. The molecule has 0 radical (unpaired) electrons. The molecule has 0 aromatic heterocycles. The highest BCUT2D eigenvalue weighted by atomic mass is 35.5. The number of carbonyl (C=O) groups excluding carboxylic acids is 1. The van der Waals surface area contributed by atoms with Crippen LogP contribution >= 0.6 is 46.6 Å². The lowest BCUT2D eigenvalue weighted by Crippen LogP contribution is -2.46. The first-order valence-corrected chi connectivity index (χ1v) is 13.0. The summed E-state index contributed by atoms with van der Waals surface area (Å²) in [5.41, 5.74) is -4.32. The van der Waals surface area contributed by atoms with E-state index in [2.05, 4.69) is 5.32 Å². The molecule has 2 aromatic rings. The monoisotopic (exact) mass is 645 g/mol. The molecular weight excluding hydrogens is 628 g/mol. The van der Waals surface area contributed by atoms with E-state index in [9.17, 15) is 44.3 Å². The molecule has 0 spiro atoms. The highest BCUT2D eigenvalue weighted by molar-refractivity contribution is 7.99. The second-order valence-corrected chi connectivity index (χ2v) is 11.1. The molecule has 0 saturated heterocycles. The van der Waals surface area contributed by atoms with Gasteiger partial charge in [-0.1, -0.05) is 53.0 Å². The fourth-order valence-corrected chi connectivity index (χ4v) is 4.83. The molecule has 2 rings (SSSR count). The van der Waals surface area contributed by atoms with Crippen molar-refractivity contribution in [3.05, 3.63) is 73.7 Å². The summed E-state index contributed by atoms with van der Waals surface area (Å²) >= 11 is 17.9. The van der Waals surface area contributed by atoms with Gasteiger partial charge in [0.1, 0.15) is 0 Å². The lowest BCUT2D eigenvalue weighted by molar-refractivity contribution is -0.139. The van der Waals surface area contributed by atoms with E-state index in [1.165, 1.54) is 13.8 Å². The zero-order chi connectivity index (χ0) is 30.0. The summed E-state index contributed by atoms with van der Waals surface area (Å²) in [6.45, 7) is 2.68. The molecule has 0 aliphatic rings. The van der Waals surface area contributed by atoms with Gasteiger partial charge < -0.3 is 5.32 Å². The van der Waals surface area contributed by atoms with E-state index in [1.807, 2.05) is 0 Å². The van der Waals surface area contributed by atoms with Crippen molar-refractivity contribution in [1.82, 2.24) is 5.32 Å². The molecule has 0 fully saturated rings. The van der Waals surface area contributed by atoms with Crippen LogP contribution in [0.15, 0.2) is 36.4 Å². The van der Waals surface area contributed by atoms with Crippen molar-refractivity contribution in [3.63, 3.8) is 0 Å². The maximum Gasteiger partial charge on any atom is 0.417 e. The molecule has 0 heterocycles. The van der Waals surface area contributed by atoms with Crippen molar-refractivity contribution < 1.29 is 44.3 Å². The molecule has 2 nitrogen and oxygen atoms in total. The van der Waals surface area contributed by atoms with Gasteiger partial charge in [0, 0.05) is 11.3 Å². The number of amides is 1. The number of alkyl halides is 9. The maximum absolute atomic E-state index is 13.8. The Hall–Kier alpha value is -1.76. The quantitative estimate of drug-likeness (QED) is 0.229. The molecule has 0 bridgehead atoms. The number of benzene rings is 2. The fourth-order valence-electron chi connectivity index (χ4n) is 3.30. The van der Waals surface area contributed by atoms with Crippen LogP contribution in [0.3, 0.4) is 0 Å². The van der Waals surface area contributed by atoms with E-state index < -0.39 is 58.3 Å². The van der Waals surface area contributed by atoms with Crippen molar-refractivity contribution in [1.29, 1.82) is 0 Å². The van der Waals surface area contributed by atoms with E-state index in [-0.39, 0.29) is 26.4 Å². The zero-order valence-electron chi connectivity index (χ0n) is 19.9. The lowest BCUT2D eigenvalue weighted by atomic mass is 9.96. The molecule has 1 N–H and O–H groups in total. The average Bonchev–Trinajstić information content (AvgIpc) is 2.74. The third-order valence-corrected chi connectivity index (χ3v) is 7.63. The molecule has 0 saturated carbocycles. The number of nitrogens with one attached hydrogen (secondary N) is 1. The van der Waals surface area contributed by atoms with Crippen molar-refractivity contribution in [2.75, 3.05) is 11.5 Å². The molecule has 2 aromatic carbocycles. The lowest BCUT2D eigenvalue weighted by Gasteiger charge is -2.27. The Bertz CT molecular complexity index is 1200. The Morgan fingerprint density at radius 1 is 0.923 bits per heavy atom. The first-order chi connectivity index (χ1) is 17.6. The summed E-state index contributed by atoms with van der Waals surface area (Å²) in [6, 6.07) is 4.13. The van der Waals surface area contributed by atoms with E-state index >= 15 is 0 Å². The summed E-state index contributed by atoms with van der Waals surface area (Å²) in [5.74, 6) is -4.99. The van der Waals surface area contributed by atoms with E-state index in [4.69, 9.17) is 34.8 Å². The maximum atomic E-state index is 13.8. The van der Waals surface area contributed by atoms with Crippen LogP contribution in [0.2, 0.25) is 15.1 Å². The van der Waals surface area contributed by atoms with Gasteiger partial charge in [-0.3, -0.25) is 4.79 Å². The third-order valence-electron chi connectivity index (χ3n) is 4.97. The number of thioether (sulfide) groups is 1. The summed E-state index contributed by atoms with van der Waals surface area (Å²) in [6.07, 6.45) is -13.0. The summed E-state index contributed by atoms with van der Waals surface area (Å²) in [7, 11) is 0. The standard InChI is InChI=1S/C24H19Cl3F9NOS/c1-21(2,10-39-11-22(28,29)30)37-20(38)14-5-3-12(7-16(14)24(34,35)36)4-6-15(23(31,32)33)13-8-17(25)19(27)18(26)9-13/h3-9,15H,10-11H2,1-2H3,(H,37,38)/b6-4+. The van der Waals surface area contributed by atoms with Crippen LogP contribution < -0.4 is 5.32 Å². The van der Waals surface area contributed by atoms with Crippen LogP contribution in [-0.4, -0.2) is 35.3 Å². The predicted molar refractivity (Wildman–Crippen MR) is 136 cm³/mol. The van der Waals surface area contributed by atoms with E-state index in [0.717, 1.165) is 30.3 Å². The minimum Gasteiger partial charge on any atom is -0.346 e. The Morgan fingerprint density at radius 2 is 1.49 bits per heavy atom. The molecule has 1 amide bonds. The van der Waals surface area contributed by atoms with Crippen LogP contribution in [0, 0.1) is 0 Å².